The Labute approximate surface area is 164 Å². The van der Waals surface area contributed by atoms with E-state index in [9.17, 15) is 5.11 Å². The molecule has 3 aliphatic rings. The molecule has 0 amide bonds. The molecule has 0 radical (unpaired) electrons. The van der Waals surface area contributed by atoms with Crippen molar-refractivity contribution in [2.24, 2.45) is 0 Å². The number of hydrogen-bond donors (Lipinski definition) is 1. The Morgan fingerprint density at radius 1 is 1.07 bits per heavy atom. The van der Waals surface area contributed by atoms with E-state index in [0.717, 1.165) is 42.1 Å². The number of aromatic hydroxyl groups is 1. The number of likely N-dealkylation sites (tertiary alicyclic amines) is 1. The molecule has 6 heteroatoms. The fourth-order valence-corrected chi connectivity index (χ4v) is 4.71. The number of methoxy groups -OCH3 is 1. The van der Waals surface area contributed by atoms with Crippen LogP contribution in [0.2, 0.25) is 0 Å². The zero-order chi connectivity index (χ0) is 19.3. The van der Waals surface area contributed by atoms with Gasteiger partial charge in [-0.05, 0) is 31.9 Å². The highest BCUT2D eigenvalue weighted by Crippen LogP contribution is 2.52. The number of phenolic OH excluding ortho intramolecular Hbond substituents is 1. The molecule has 0 unspecified atom stereocenters. The molecule has 0 bridgehead atoms. The molecule has 0 spiro atoms. The van der Waals surface area contributed by atoms with Gasteiger partial charge in [0.05, 0.1) is 7.11 Å². The van der Waals surface area contributed by atoms with E-state index in [1.807, 2.05) is 24.3 Å². The second-order valence-electron chi connectivity index (χ2n) is 7.87. The normalized spacial score (nSPS) is 26.0. The molecule has 3 heterocycles. The van der Waals surface area contributed by atoms with Crippen molar-refractivity contribution in [3.8, 4) is 28.7 Å². The van der Waals surface area contributed by atoms with Crippen LogP contribution in [0.4, 0.5) is 0 Å². The number of para-hydroxylation sites is 1. The van der Waals surface area contributed by atoms with Crippen molar-refractivity contribution in [2.45, 2.75) is 37.8 Å². The first-order valence-electron chi connectivity index (χ1n) is 9.82. The maximum Gasteiger partial charge on any atom is 0.231 e. The van der Waals surface area contributed by atoms with Crippen LogP contribution in [0.15, 0.2) is 30.3 Å². The number of hydrogen-bond acceptors (Lipinski definition) is 6. The molecule has 0 aromatic heterocycles. The SMILES string of the molecule is COc1cccc([C@H]2C[C@@](C)(N3CCCC3)Oc3cc4c(cc32)OCO4)c1O. The third kappa shape index (κ3) is 2.66. The summed E-state index contributed by atoms with van der Waals surface area (Å²) in [4.78, 5) is 2.41. The zero-order valence-corrected chi connectivity index (χ0v) is 16.2. The van der Waals surface area contributed by atoms with Crippen LogP contribution < -0.4 is 18.9 Å². The van der Waals surface area contributed by atoms with Crippen LogP contribution >= 0.6 is 0 Å². The van der Waals surface area contributed by atoms with Crippen LogP contribution in [0.5, 0.6) is 28.7 Å². The minimum Gasteiger partial charge on any atom is -0.504 e. The van der Waals surface area contributed by atoms with Crippen molar-refractivity contribution in [3.05, 3.63) is 41.5 Å². The van der Waals surface area contributed by atoms with E-state index in [2.05, 4.69) is 11.8 Å². The molecular weight excluding hydrogens is 358 g/mol. The van der Waals surface area contributed by atoms with Gasteiger partial charge in [-0.15, -0.1) is 0 Å². The van der Waals surface area contributed by atoms with Gasteiger partial charge >= 0.3 is 0 Å². The van der Waals surface area contributed by atoms with Crippen molar-refractivity contribution >= 4 is 0 Å². The molecule has 2 aromatic rings. The summed E-state index contributed by atoms with van der Waals surface area (Å²) in [7, 11) is 1.57. The molecule has 6 nitrogen and oxygen atoms in total. The average molecular weight is 383 g/mol. The van der Waals surface area contributed by atoms with Gasteiger partial charge in [-0.1, -0.05) is 12.1 Å². The van der Waals surface area contributed by atoms with Gasteiger partial charge in [0.25, 0.3) is 0 Å². The van der Waals surface area contributed by atoms with E-state index < -0.39 is 5.72 Å². The maximum atomic E-state index is 10.9. The summed E-state index contributed by atoms with van der Waals surface area (Å²) in [6.07, 6.45) is 3.10. The van der Waals surface area contributed by atoms with E-state index in [1.54, 1.807) is 13.2 Å². The van der Waals surface area contributed by atoms with Crippen LogP contribution in [0, 0.1) is 0 Å². The van der Waals surface area contributed by atoms with Gasteiger partial charge in [-0.3, -0.25) is 4.90 Å². The second-order valence-corrected chi connectivity index (χ2v) is 7.87. The van der Waals surface area contributed by atoms with Gasteiger partial charge in [0, 0.05) is 42.6 Å². The van der Waals surface area contributed by atoms with Gasteiger partial charge < -0.3 is 24.1 Å². The van der Waals surface area contributed by atoms with Crippen LogP contribution in [0.1, 0.15) is 43.2 Å². The summed E-state index contributed by atoms with van der Waals surface area (Å²) >= 11 is 0. The van der Waals surface area contributed by atoms with Gasteiger partial charge in [-0.2, -0.15) is 0 Å². The van der Waals surface area contributed by atoms with E-state index in [1.165, 1.54) is 12.8 Å². The summed E-state index contributed by atoms with van der Waals surface area (Å²) in [5, 5.41) is 10.9. The van der Waals surface area contributed by atoms with Gasteiger partial charge in [0.1, 0.15) is 5.75 Å². The first-order chi connectivity index (χ1) is 13.6. The fourth-order valence-electron chi connectivity index (χ4n) is 4.71. The molecular formula is C22H25NO5. The monoisotopic (exact) mass is 383 g/mol. The number of phenols is 1. The van der Waals surface area contributed by atoms with Crippen molar-refractivity contribution in [2.75, 3.05) is 27.0 Å². The Bertz CT molecular complexity index is 908. The first-order valence-corrected chi connectivity index (χ1v) is 9.82. The van der Waals surface area contributed by atoms with Crippen molar-refractivity contribution in [3.63, 3.8) is 0 Å². The Morgan fingerprint density at radius 2 is 1.82 bits per heavy atom. The molecule has 148 valence electrons. The second kappa shape index (κ2) is 6.48. The summed E-state index contributed by atoms with van der Waals surface area (Å²) in [6, 6.07) is 9.58. The molecule has 1 saturated heterocycles. The summed E-state index contributed by atoms with van der Waals surface area (Å²) in [5.41, 5.74) is 1.40. The molecule has 1 fully saturated rings. The third-order valence-electron chi connectivity index (χ3n) is 6.19. The number of ether oxygens (including phenoxy) is 4. The van der Waals surface area contributed by atoms with Crippen LogP contribution in [0.25, 0.3) is 0 Å². The van der Waals surface area contributed by atoms with E-state index >= 15 is 0 Å². The van der Waals surface area contributed by atoms with Crippen LogP contribution in [0.3, 0.4) is 0 Å². The Morgan fingerprint density at radius 3 is 2.57 bits per heavy atom. The van der Waals surface area contributed by atoms with Crippen LogP contribution in [-0.2, 0) is 0 Å². The van der Waals surface area contributed by atoms with Gasteiger partial charge in [-0.25, -0.2) is 0 Å². The number of benzene rings is 2. The van der Waals surface area contributed by atoms with E-state index in [-0.39, 0.29) is 18.5 Å². The van der Waals surface area contributed by atoms with Crippen molar-refractivity contribution in [1.82, 2.24) is 4.90 Å². The molecule has 28 heavy (non-hydrogen) atoms. The highest BCUT2D eigenvalue weighted by molar-refractivity contribution is 5.58. The Kier molecular flexibility index (Phi) is 4.05. The lowest BCUT2D eigenvalue weighted by molar-refractivity contribution is -0.0769. The average Bonchev–Trinajstić information content (AvgIpc) is 3.38. The van der Waals surface area contributed by atoms with Gasteiger partial charge in [0.15, 0.2) is 28.7 Å². The van der Waals surface area contributed by atoms with E-state index in [0.29, 0.717) is 11.5 Å². The van der Waals surface area contributed by atoms with Crippen LogP contribution in [-0.4, -0.2) is 42.7 Å². The lowest BCUT2D eigenvalue weighted by atomic mass is 9.81. The molecule has 0 aliphatic carbocycles. The molecule has 2 aromatic carbocycles. The Hall–Kier alpha value is -2.60. The maximum absolute atomic E-state index is 10.9. The lowest BCUT2D eigenvalue weighted by Gasteiger charge is -2.45. The molecule has 5 rings (SSSR count). The van der Waals surface area contributed by atoms with Crippen molar-refractivity contribution < 1.29 is 24.1 Å². The number of nitrogens with zero attached hydrogens (tertiary/aromatic N) is 1. The number of fused-ring (bicyclic) bond motifs is 2. The highest BCUT2D eigenvalue weighted by Gasteiger charge is 2.44. The highest BCUT2D eigenvalue weighted by atomic mass is 16.7. The standard InChI is InChI=1S/C22H25NO5/c1-22(23-8-3-4-9-23)12-16(14-6-5-7-17(25-2)21(14)24)15-10-19-20(27-13-26-19)11-18(15)28-22/h5-7,10-11,16,24H,3-4,8-9,12-13H2,1-2H3/t16-,22+/m1/s1. The number of rotatable bonds is 3. The lowest BCUT2D eigenvalue weighted by Crippen LogP contribution is -2.52. The predicted molar refractivity (Wildman–Crippen MR) is 104 cm³/mol. The molecule has 0 saturated carbocycles. The first kappa shape index (κ1) is 17.5. The Balaban J connectivity index is 1.65. The van der Waals surface area contributed by atoms with Gasteiger partial charge in [0.2, 0.25) is 6.79 Å². The van der Waals surface area contributed by atoms with E-state index in [4.69, 9.17) is 18.9 Å². The quantitative estimate of drug-likeness (QED) is 0.869. The summed E-state index contributed by atoms with van der Waals surface area (Å²) < 4.78 is 23.1. The zero-order valence-electron chi connectivity index (χ0n) is 16.2. The minimum absolute atomic E-state index is 0.0426. The smallest absolute Gasteiger partial charge is 0.231 e. The topological polar surface area (TPSA) is 60.4 Å². The predicted octanol–water partition coefficient (Wildman–Crippen LogP) is 3.86. The van der Waals surface area contributed by atoms with Crippen molar-refractivity contribution in [1.29, 1.82) is 0 Å². The molecule has 2 atom stereocenters. The summed E-state index contributed by atoms with van der Waals surface area (Å²) in [5.74, 6) is 2.84. The third-order valence-corrected chi connectivity index (χ3v) is 6.19. The summed E-state index contributed by atoms with van der Waals surface area (Å²) in [6.45, 7) is 4.41. The largest absolute Gasteiger partial charge is 0.504 e. The molecule has 3 aliphatic heterocycles. The minimum atomic E-state index is -0.447. The molecule has 1 N–H and O–H groups in total. The fraction of sp³-hybridized carbons (Fsp3) is 0.455.